The third kappa shape index (κ3) is 4.10. The highest BCUT2D eigenvalue weighted by Crippen LogP contribution is 2.34. The Labute approximate surface area is 139 Å². The predicted octanol–water partition coefficient (Wildman–Crippen LogP) is 6.77. The molecule has 1 saturated carbocycles. The van der Waals surface area contributed by atoms with Gasteiger partial charge in [0.1, 0.15) is 6.17 Å². The number of alkyl halides is 1. The molecular formula is C22H25F. The van der Waals surface area contributed by atoms with E-state index in [9.17, 15) is 4.39 Å². The number of hydrogen-bond donors (Lipinski definition) is 0. The highest BCUT2D eigenvalue weighted by molar-refractivity contribution is 5.66. The molecule has 0 N–H and O–H groups in total. The SMILES string of the molecule is CC/C=C/c1ccc(-c2ccc(C3CCC(F)CC3)cc2)cc1. The average Bonchev–Trinajstić information content (AvgIpc) is 2.61. The summed E-state index contributed by atoms with van der Waals surface area (Å²) in [5.74, 6) is 0.539. The van der Waals surface area contributed by atoms with E-state index in [4.69, 9.17) is 0 Å². The van der Waals surface area contributed by atoms with E-state index in [0.717, 1.165) is 32.1 Å². The van der Waals surface area contributed by atoms with Gasteiger partial charge in [-0.2, -0.15) is 0 Å². The van der Waals surface area contributed by atoms with Gasteiger partial charge in [0.05, 0.1) is 0 Å². The predicted molar refractivity (Wildman–Crippen MR) is 97.3 cm³/mol. The van der Waals surface area contributed by atoms with Crippen molar-refractivity contribution in [3.8, 4) is 11.1 Å². The molecule has 0 heterocycles. The molecule has 0 nitrogen and oxygen atoms in total. The van der Waals surface area contributed by atoms with Crippen LogP contribution in [0.2, 0.25) is 0 Å². The van der Waals surface area contributed by atoms with Crippen LogP contribution in [0.25, 0.3) is 17.2 Å². The molecule has 2 aromatic carbocycles. The van der Waals surface area contributed by atoms with Crippen LogP contribution in [0.15, 0.2) is 54.6 Å². The van der Waals surface area contributed by atoms with Crippen molar-refractivity contribution in [3.05, 3.63) is 65.7 Å². The molecule has 0 aliphatic heterocycles. The summed E-state index contributed by atoms with van der Waals surface area (Å²) in [7, 11) is 0. The summed E-state index contributed by atoms with van der Waals surface area (Å²) in [5, 5.41) is 0. The van der Waals surface area contributed by atoms with E-state index >= 15 is 0 Å². The third-order valence-electron chi connectivity index (χ3n) is 4.83. The molecule has 0 radical (unpaired) electrons. The van der Waals surface area contributed by atoms with Gasteiger partial charge in [0.25, 0.3) is 0 Å². The normalized spacial score (nSPS) is 21.7. The zero-order valence-corrected chi connectivity index (χ0v) is 13.8. The van der Waals surface area contributed by atoms with Gasteiger partial charge >= 0.3 is 0 Å². The minimum Gasteiger partial charge on any atom is -0.247 e. The Morgan fingerprint density at radius 3 is 2.00 bits per heavy atom. The Balaban J connectivity index is 1.70. The average molecular weight is 308 g/mol. The van der Waals surface area contributed by atoms with E-state index in [1.165, 1.54) is 22.3 Å². The molecule has 2 aromatic rings. The lowest BCUT2D eigenvalue weighted by Crippen LogP contribution is -2.13. The highest BCUT2D eigenvalue weighted by atomic mass is 19.1. The van der Waals surface area contributed by atoms with Crippen LogP contribution in [-0.4, -0.2) is 6.17 Å². The van der Waals surface area contributed by atoms with Crippen molar-refractivity contribution in [3.63, 3.8) is 0 Å². The minimum atomic E-state index is -0.578. The summed E-state index contributed by atoms with van der Waals surface area (Å²) >= 11 is 0. The zero-order valence-electron chi connectivity index (χ0n) is 13.8. The van der Waals surface area contributed by atoms with Gasteiger partial charge in [0.15, 0.2) is 0 Å². The molecule has 120 valence electrons. The molecule has 1 heteroatoms. The summed E-state index contributed by atoms with van der Waals surface area (Å²) in [6.07, 6.45) is 8.24. The van der Waals surface area contributed by atoms with Crippen LogP contribution in [0, 0.1) is 0 Å². The van der Waals surface area contributed by atoms with E-state index in [-0.39, 0.29) is 0 Å². The molecule has 3 rings (SSSR count). The van der Waals surface area contributed by atoms with E-state index in [1.807, 2.05) is 0 Å². The van der Waals surface area contributed by atoms with Gasteiger partial charge in [-0.15, -0.1) is 0 Å². The molecule has 0 saturated heterocycles. The molecule has 23 heavy (non-hydrogen) atoms. The maximum absolute atomic E-state index is 13.3. The van der Waals surface area contributed by atoms with E-state index < -0.39 is 6.17 Å². The molecule has 0 unspecified atom stereocenters. The van der Waals surface area contributed by atoms with Gasteiger partial charge in [-0.25, -0.2) is 4.39 Å². The second-order valence-electron chi connectivity index (χ2n) is 6.50. The van der Waals surface area contributed by atoms with Gasteiger partial charge in [0.2, 0.25) is 0 Å². The summed E-state index contributed by atoms with van der Waals surface area (Å²) < 4.78 is 13.3. The monoisotopic (exact) mass is 308 g/mol. The smallest absolute Gasteiger partial charge is 0.100 e. The number of allylic oxidation sites excluding steroid dienone is 1. The van der Waals surface area contributed by atoms with E-state index in [1.54, 1.807) is 0 Å². The number of rotatable bonds is 4. The maximum atomic E-state index is 13.3. The second-order valence-corrected chi connectivity index (χ2v) is 6.50. The van der Waals surface area contributed by atoms with Gasteiger partial charge in [-0.3, -0.25) is 0 Å². The molecule has 1 aliphatic rings. The standard InChI is InChI=1S/C22H25F/c1-2-3-4-17-5-7-18(8-6-17)19-9-11-20(12-10-19)21-13-15-22(23)16-14-21/h3-12,21-22H,2,13-16H2,1H3/b4-3+. The molecular weight excluding hydrogens is 283 g/mol. The van der Waals surface area contributed by atoms with Crippen LogP contribution in [-0.2, 0) is 0 Å². The molecule has 0 bridgehead atoms. The van der Waals surface area contributed by atoms with Crippen molar-refractivity contribution in [2.45, 2.75) is 51.1 Å². The molecule has 0 atom stereocenters. The van der Waals surface area contributed by atoms with Crippen molar-refractivity contribution in [1.29, 1.82) is 0 Å². The molecule has 0 aromatic heterocycles. The van der Waals surface area contributed by atoms with Gasteiger partial charge < -0.3 is 0 Å². The van der Waals surface area contributed by atoms with Crippen LogP contribution in [0.1, 0.15) is 56.1 Å². The van der Waals surface area contributed by atoms with E-state index in [0.29, 0.717) is 5.92 Å². The quantitative estimate of drug-likeness (QED) is 0.584. The fourth-order valence-electron chi connectivity index (χ4n) is 3.37. The lowest BCUT2D eigenvalue weighted by Gasteiger charge is -2.24. The van der Waals surface area contributed by atoms with E-state index in [2.05, 4.69) is 67.6 Å². The minimum absolute atomic E-state index is 0.539. The largest absolute Gasteiger partial charge is 0.247 e. The summed E-state index contributed by atoms with van der Waals surface area (Å²) in [6, 6.07) is 17.5. The molecule has 1 fully saturated rings. The lowest BCUT2D eigenvalue weighted by atomic mass is 9.83. The zero-order chi connectivity index (χ0) is 16.1. The van der Waals surface area contributed by atoms with Crippen molar-refractivity contribution in [2.75, 3.05) is 0 Å². The number of benzene rings is 2. The topological polar surface area (TPSA) is 0 Å². The van der Waals surface area contributed by atoms with Crippen LogP contribution in [0.5, 0.6) is 0 Å². The van der Waals surface area contributed by atoms with Crippen LogP contribution in [0.4, 0.5) is 4.39 Å². The maximum Gasteiger partial charge on any atom is 0.100 e. The fraction of sp³-hybridized carbons (Fsp3) is 0.364. The van der Waals surface area contributed by atoms with Gasteiger partial charge in [-0.05, 0) is 60.3 Å². The molecule has 1 aliphatic carbocycles. The first-order chi connectivity index (χ1) is 11.3. The van der Waals surface area contributed by atoms with Crippen LogP contribution in [0.3, 0.4) is 0 Å². The highest BCUT2D eigenvalue weighted by Gasteiger charge is 2.21. The first-order valence-electron chi connectivity index (χ1n) is 8.77. The Morgan fingerprint density at radius 2 is 1.43 bits per heavy atom. The number of hydrogen-bond acceptors (Lipinski definition) is 0. The second kappa shape index (κ2) is 7.59. The Bertz CT molecular complexity index is 629. The van der Waals surface area contributed by atoms with Crippen LogP contribution >= 0.6 is 0 Å². The first-order valence-corrected chi connectivity index (χ1v) is 8.77. The summed E-state index contributed by atoms with van der Waals surface area (Å²) in [5.41, 5.74) is 5.11. The van der Waals surface area contributed by atoms with Crippen molar-refractivity contribution >= 4 is 6.08 Å². The Hall–Kier alpha value is -1.89. The first kappa shape index (κ1) is 16.0. The van der Waals surface area contributed by atoms with Crippen molar-refractivity contribution < 1.29 is 4.39 Å². The fourth-order valence-corrected chi connectivity index (χ4v) is 3.37. The van der Waals surface area contributed by atoms with Crippen molar-refractivity contribution in [1.82, 2.24) is 0 Å². The van der Waals surface area contributed by atoms with Gasteiger partial charge in [0, 0.05) is 0 Å². The summed E-state index contributed by atoms with van der Waals surface area (Å²) in [4.78, 5) is 0. The Morgan fingerprint density at radius 1 is 0.870 bits per heavy atom. The lowest BCUT2D eigenvalue weighted by molar-refractivity contribution is 0.235. The summed E-state index contributed by atoms with van der Waals surface area (Å²) in [6.45, 7) is 2.15. The number of halogens is 1. The third-order valence-corrected chi connectivity index (χ3v) is 4.83. The molecule has 0 spiro atoms. The van der Waals surface area contributed by atoms with Crippen LogP contribution < -0.4 is 0 Å². The Kier molecular flexibility index (Phi) is 5.27. The van der Waals surface area contributed by atoms with Gasteiger partial charge in [-0.1, -0.05) is 67.6 Å². The molecule has 0 amide bonds. The van der Waals surface area contributed by atoms with Crippen molar-refractivity contribution in [2.24, 2.45) is 0 Å².